The number of rotatable bonds is 8. The minimum atomic E-state index is -0.238. The van der Waals surface area contributed by atoms with Crippen molar-refractivity contribution in [1.29, 1.82) is 0 Å². The monoisotopic (exact) mass is 352 g/mol. The van der Waals surface area contributed by atoms with Crippen molar-refractivity contribution in [2.75, 3.05) is 24.3 Å². The van der Waals surface area contributed by atoms with Gasteiger partial charge in [0.05, 0.1) is 7.11 Å². The Morgan fingerprint density at radius 3 is 2.46 bits per heavy atom. The number of nitrogens with one attached hydrogen (secondary N) is 2. The molecular formula is C20H21FN4O. The number of nitrogens with zero attached hydrogens (tertiary/aromatic N) is 2. The third kappa shape index (κ3) is 5.17. The summed E-state index contributed by atoms with van der Waals surface area (Å²) >= 11 is 0. The number of ether oxygens (including phenoxy) is 1. The highest BCUT2D eigenvalue weighted by atomic mass is 19.1. The number of methoxy groups -OCH3 is 1. The number of hydrogen-bond acceptors (Lipinski definition) is 5. The van der Waals surface area contributed by atoms with E-state index in [0.717, 1.165) is 30.1 Å². The first-order valence-electron chi connectivity index (χ1n) is 8.40. The third-order valence-electron chi connectivity index (χ3n) is 3.91. The second-order valence-corrected chi connectivity index (χ2v) is 5.80. The standard InChI is InChI=1S/C20H21FN4O/c1-26-18-4-2-3-15(11-18)9-10-22-19-12-20(25-14-24-19)23-13-16-5-7-17(21)8-6-16/h2-8,11-12,14H,9-10,13H2,1H3,(H2,22,23,24,25). The van der Waals surface area contributed by atoms with Crippen molar-refractivity contribution in [3.8, 4) is 5.75 Å². The van der Waals surface area contributed by atoms with Gasteiger partial charge in [0.1, 0.15) is 29.5 Å². The van der Waals surface area contributed by atoms with Gasteiger partial charge in [0.25, 0.3) is 0 Å². The highest BCUT2D eigenvalue weighted by molar-refractivity contribution is 5.47. The molecule has 6 heteroatoms. The molecule has 134 valence electrons. The lowest BCUT2D eigenvalue weighted by atomic mass is 10.1. The predicted octanol–water partition coefficient (Wildman–Crippen LogP) is 3.89. The van der Waals surface area contributed by atoms with Crippen LogP contribution in [0.2, 0.25) is 0 Å². The van der Waals surface area contributed by atoms with Crippen molar-refractivity contribution in [2.45, 2.75) is 13.0 Å². The van der Waals surface area contributed by atoms with Crippen molar-refractivity contribution < 1.29 is 9.13 Å². The molecule has 2 aromatic carbocycles. The minimum absolute atomic E-state index is 0.238. The van der Waals surface area contributed by atoms with E-state index < -0.39 is 0 Å². The van der Waals surface area contributed by atoms with Crippen LogP contribution in [0.1, 0.15) is 11.1 Å². The zero-order valence-electron chi connectivity index (χ0n) is 14.6. The molecule has 0 bridgehead atoms. The smallest absolute Gasteiger partial charge is 0.131 e. The number of benzene rings is 2. The van der Waals surface area contributed by atoms with Gasteiger partial charge < -0.3 is 15.4 Å². The van der Waals surface area contributed by atoms with Crippen LogP contribution in [0.15, 0.2) is 60.9 Å². The van der Waals surface area contributed by atoms with Gasteiger partial charge in [-0.05, 0) is 41.8 Å². The van der Waals surface area contributed by atoms with Crippen LogP contribution >= 0.6 is 0 Å². The third-order valence-corrected chi connectivity index (χ3v) is 3.91. The molecule has 0 radical (unpaired) electrons. The maximum atomic E-state index is 12.9. The molecule has 26 heavy (non-hydrogen) atoms. The lowest BCUT2D eigenvalue weighted by Crippen LogP contribution is -2.08. The Kier molecular flexibility index (Phi) is 5.98. The van der Waals surface area contributed by atoms with Crippen molar-refractivity contribution in [3.05, 3.63) is 77.9 Å². The fourth-order valence-corrected chi connectivity index (χ4v) is 2.51. The van der Waals surface area contributed by atoms with E-state index in [0.29, 0.717) is 12.4 Å². The fourth-order valence-electron chi connectivity index (χ4n) is 2.51. The summed E-state index contributed by atoms with van der Waals surface area (Å²) in [7, 11) is 1.67. The van der Waals surface area contributed by atoms with Crippen LogP contribution in [-0.4, -0.2) is 23.6 Å². The van der Waals surface area contributed by atoms with E-state index in [-0.39, 0.29) is 5.82 Å². The Labute approximate surface area is 152 Å². The van der Waals surface area contributed by atoms with Gasteiger partial charge in [-0.3, -0.25) is 0 Å². The van der Waals surface area contributed by atoms with Crippen LogP contribution in [0.5, 0.6) is 5.75 Å². The normalized spacial score (nSPS) is 10.4. The van der Waals surface area contributed by atoms with Gasteiger partial charge in [0, 0.05) is 19.2 Å². The van der Waals surface area contributed by atoms with Crippen LogP contribution < -0.4 is 15.4 Å². The summed E-state index contributed by atoms with van der Waals surface area (Å²) in [6.07, 6.45) is 2.38. The van der Waals surface area contributed by atoms with Crippen molar-refractivity contribution in [3.63, 3.8) is 0 Å². The molecule has 1 aromatic heterocycles. The van der Waals surface area contributed by atoms with E-state index in [1.807, 2.05) is 24.3 Å². The van der Waals surface area contributed by atoms with Crippen LogP contribution in [0, 0.1) is 5.82 Å². The van der Waals surface area contributed by atoms with Crippen LogP contribution in [0.4, 0.5) is 16.0 Å². The molecule has 0 fully saturated rings. The average molecular weight is 352 g/mol. The highest BCUT2D eigenvalue weighted by Crippen LogP contribution is 2.14. The average Bonchev–Trinajstić information content (AvgIpc) is 2.68. The van der Waals surface area contributed by atoms with E-state index in [1.54, 1.807) is 19.2 Å². The Balaban J connectivity index is 1.51. The van der Waals surface area contributed by atoms with Gasteiger partial charge in [-0.15, -0.1) is 0 Å². The lowest BCUT2D eigenvalue weighted by Gasteiger charge is -2.09. The molecule has 0 aliphatic heterocycles. The summed E-state index contributed by atoms with van der Waals surface area (Å²) in [5, 5.41) is 6.51. The van der Waals surface area contributed by atoms with E-state index in [4.69, 9.17) is 4.74 Å². The van der Waals surface area contributed by atoms with Gasteiger partial charge in [0.15, 0.2) is 0 Å². The van der Waals surface area contributed by atoms with Crippen molar-refractivity contribution in [1.82, 2.24) is 9.97 Å². The summed E-state index contributed by atoms with van der Waals surface area (Å²) < 4.78 is 18.2. The summed E-state index contributed by atoms with van der Waals surface area (Å²) in [5.41, 5.74) is 2.18. The zero-order valence-corrected chi connectivity index (χ0v) is 14.6. The summed E-state index contributed by atoms with van der Waals surface area (Å²) in [6.45, 7) is 1.32. The molecule has 0 aliphatic rings. The molecule has 2 N–H and O–H groups in total. The Bertz CT molecular complexity index is 839. The molecule has 0 aliphatic carbocycles. The van der Waals surface area contributed by atoms with Gasteiger partial charge in [-0.1, -0.05) is 24.3 Å². The number of hydrogen-bond donors (Lipinski definition) is 2. The number of anilines is 2. The molecule has 0 spiro atoms. The topological polar surface area (TPSA) is 59.1 Å². The second kappa shape index (κ2) is 8.80. The molecule has 0 saturated heterocycles. The zero-order chi connectivity index (χ0) is 18.2. The minimum Gasteiger partial charge on any atom is -0.497 e. The quantitative estimate of drug-likeness (QED) is 0.644. The molecule has 5 nitrogen and oxygen atoms in total. The number of aromatic nitrogens is 2. The van der Waals surface area contributed by atoms with Crippen LogP contribution in [0.3, 0.4) is 0 Å². The molecule has 0 atom stereocenters. The highest BCUT2D eigenvalue weighted by Gasteiger charge is 2.01. The number of halogens is 1. The van der Waals surface area contributed by atoms with E-state index in [9.17, 15) is 4.39 Å². The van der Waals surface area contributed by atoms with E-state index in [2.05, 4.69) is 26.7 Å². The van der Waals surface area contributed by atoms with Gasteiger partial charge >= 0.3 is 0 Å². The predicted molar refractivity (Wildman–Crippen MR) is 101 cm³/mol. The van der Waals surface area contributed by atoms with Gasteiger partial charge in [-0.25, -0.2) is 14.4 Å². The molecule has 1 heterocycles. The van der Waals surface area contributed by atoms with Gasteiger partial charge in [0.2, 0.25) is 0 Å². The first-order valence-corrected chi connectivity index (χ1v) is 8.40. The fraction of sp³-hybridized carbons (Fsp3) is 0.200. The second-order valence-electron chi connectivity index (χ2n) is 5.80. The van der Waals surface area contributed by atoms with Gasteiger partial charge in [-0.2, -0.15) is 0 Å². The first-order chi connectivity index (χ1) is 12.7. The molecule has 0 unspecified atom stereocenters. The molecule has 3 rings (SSSR count). The molecule has 3 aromatic rings. The van der Waals surface area contributed by atoms with E-state index in [1.165, 1.54) is 24.0 Å². The van der Waals surface area contributed by atoms with Crippen LogP contribution in [0.25, 0.3) is 0 Å². The summed E-state index contributed by atoms with van der Waals surface area (Å²) in [6, 6.07) is 16.3. The van der Waals surface area contributed by atoms with Crippen molar-refractivity contribution >= 4 is 11.6 Å². The van der Waals surface area contributed by atoms with E-state index >= 15 is 0 Å². The first kappa shape index (κ1) is 17.7. The maximum Gasteiger partial charge on any atom is 0.131 e. The maximum absolute atomic E-state index is 12.9. The lowest BCUT2D eigenvalue weighted by molar-refractivity contribution is 0.414. The largest absolute Gasteiger partial charge is 0.497 e. The SMILES string of the molecule is COc1cccc(CCNc2cc(NCc3ccc(F)cc3)ncn2)c1. The Hall–Kier alpha value is -3.15. The Morgan fingerprint density at radius 1 is 0.923 bits per heavy atom. The van der Waals surface area contributed by atoms with Crippen molar-refractivity contribution in [2.24, 2.45) is 0 Å². The Morgan fingerprint density at radius 2 is 1.69 bits per heavy atom. The molecule has 0 amide bonds. The summed E-state index contributed by atoms with van der Waals surface area (Å²) in [4.78, 5) is 8.44. The molecule has 0 saturated carbocycles. The summed E-state index contributed by atoms with van der Waals surface area (Å²) in [5.74, 6) is 2.09. The molecular weight excluding hydrogens is 331 g/mol. The van der Waals surface area contributed by atoms with Crippen LogP contribution in [-0.2, 0) is 13.0 Å².